The fourth-order valence-corrected chi connectivity index (χ4v) is 4.98. The number of nitrogens with zero attached hydrogens (tertiary/aromatic N) is 3. The number of aromatic nitrogens is 2. The molecule has 1 aliphatic heterocycles. The number of nitrogens with one attached hydrogen (secondary N) is 1. The van der Waals surface area contributed by atoms with Crippen molar-refractivity contribution >= 4 is 5.91 Å². The largest absolute Gasteiger partial charge is 0.475 e. The second-order valence-electron chi connectivity index (χ2n) is 8.45. The molecule has 4 rings (SSSR count). The number of rotatable bonds is 7. The lowest BCUT2D eigenvalue weighted by molar-refractivity contribution is -0.161. The van der Waals surface area contributed by atoms with Crippen LogP contribution in [0.15, 0.2) is 67.1 Å². The quantitative estimate of drug-likeness (QED) is 0.597. The summed E-state index contributed by atoms with van der Waals surface area (Å²) in [5.74, 6) is 0.541. The van der Waals surface area contributed by atoms with Gasteiger partial charge in [-0.05, 0) is 37.1 Å². The third-order valence-electron chi connectivity index (χ3n) is 6.46. The number of aromatic amines is 1. The fourth-order valence-electron chi connectivity index (χ4n) is 4.98. The summed E-state index contributed by atoms with van der Waals surface area (Å²) in [7, 11) is 3.43. The van der Waals surface area contributed by atoms with E-state index in [9.17, 15) is 10.1 Å². The normalized spacial score (nSPS) is 20.5. The van der Waals surface area contributed by atoms with Crippen LogP contribution in [0, 0.1) is 16.7 Å². The van der Waals surface area contributed by atoms with Gasteiger partial charge in [0.1, 0.15) is 11.2 Å². The number of para-hydroxylation sites is 1. The first-order valence-corrected chi connectivity index (χ1v) is 11.1. The molecule has 0 spiro atoms. The summed E-state index contributed by atoms with van der Waals surface area (Å²) in [5.41, 5.74) is -0.625. The molecule has 7 nitrogen and oxygen atoms in total. The molecule has 2 heterocycles. The molecule has 0 bridgehead atoms. The predicted octanol–water partition coefficient (Wildman–Crippen LogP) is 3.88. The number of imidazole rings is 1. The van der Waals surface area contributed by atoms with Gasteiger partial charge in [0, 0.05) is 26.3 Å². The summed E-state index contributed by atoms with van der Waals surface area (Å²) in [6.07, 6.45) is 5.53. The number of amides is 1. The topological polar surface area (TPSA) is 91.2 Å². The maximum absolute atomic E-state index is 14.2. The smallest absolute Gasteiger partial charge is 0.235 e. The number of likely N-dealkylation sites (tertiary alicyclic amines) is 1. The highest BCUT2D eigenvalue weighted by atomic mass is 16.5. The highest BCUT2D eigenvalue weighted by Gasteiger charge is 2.62. The van der Waals surface area contributed by atoms with Crippen LogP contribution in [0.4, 0.5) is 0 Å². The van der Waals surface area contributed by atoms with E-state index >= 15 is 0 Å². The van der Waals surface area contributed by atoms with Crippen LogP contribution in [0.25, 0.3) is 0 Å². The van der Waals surface area contributed by atoms with E-state index in [1.807, 2.05) is 49.5 Å². The molecule has 2 aromatic carbocycles. The highest BCUT2D eigenvalue weighted by Crippen LogP contribution is 2.53. The zero-order chi connectivity index (χ0) is 23.3. The lowest BCUT2D eigenvalue weighted by Gasteiger charge is -2.49. The van der Waals surface area contributed by atoms with Gasteiger partial charge in [0.05, 0.1) is 36.5 Å². The van der Waals surface area contributed by atoms with Gasteiger partial charge in [0.2, 0.25) is 5.91 Å². The average molecular weight is 445 g/mol. The van der Waals surface area contributed by atoms with Crippen molar-refractivity contribution in [2.75, 3.05) is 27.3 Å². The van der Waals surface area contributed by atoms with Crippen LogP contribution in [-0.4, -0.2) is 48.1 Å². The maximum atomic E-state index is 14.2. The van der Waals surface area contributed by atoms with E-state index in [4.69, 9.17) is 9.47 Å². The first-order chi connectivity index (χ1) is 16.1. The number of nitriles is 1. The lowest BCUT2D eigenvalue weighted by atomic mass is 9.63. The molecule has 2 atom stereocenters. The Morgan fingerprint density at radius 1 is 1.21 bits per heavy atom. The van der Waals surface area contributed by atoms with Gasteiger partial charge in [-0.25, -0.2) is 4.98 Å². The van der Waals surface area contributed by atoms with E-state index in [1.165, 1.54) is 0 Å². The van der Waals surface area contributed by atoms with Gasteiger partial charge in [-0.15, -0.1) is 0 Å². The molecular formula is C26H28N4O3. The van der Waals surface area contributed by atoms with Gasteiger partial charge in [-0.3, -0.25) is 4.79 Å². The first kappa shape index (κ1) is 22.6. The number of hydrogen-bond acceptors (Lipinski definition) is 5. The summed E-state index contributed by atoms with van der Waals surface area (Å²) >= 11 is 0. The van der Waals surface area contributed by atoms with Crippen LogP contribution in [-0.2, 0) is 15.1 Å². The summed E-state index contributed by atoms with van der Waals surface area (Å²) in [6, 6.07) is 18.9. The van der Waals surface area contributed by atoms with Crippen LogP contribution in [0.5, 0.6) is 5.75 Å². The molecule has 0 aliphatic carbocycles. The molecule has 1 fully saturated rings. The van der Waals surface area contributed by atoms with Crippen LogP contribution < -0.4 is 4.74 Å². The van der Waals surface area contributed by atoms with E-state index in [2.05, 4.69) is 16.0 Å². The van der Waals surface area contributed by atoms with Crippen molar-refractivity contribution in [2.45, 2.75) is 24.9 Å². The standard InChI is InChI=1S/C26H28N4O3/c1-30-14-7-6-13-25(18-32-2,24(30)31)26(23-17-28-19-29-23,33-22-11-4-3-5-12-22)21-10-8-9-20(15-21)16-27/h3-5,8-12,15,17,19H,6-7,13-14,18H2,1-2H3,(H,28,29). The van der Waals surface area contributed by atoms with Gasteiger partial charge >= 0.3 is 0 Å². The minimum atomic E-state index is -1.32. The van der Waals surface area contributed by atoms with Crippen molar-refractivity contribution in [3.8, 4) is 11.8 Å². The molecule has 33 heavy (non-hydrogen) atoms. The average Bonchev–Trinajstić information content (AvgIpc) is 3.35. The summed E-state index contributed by atoms with van der Waals surface area (Å²) in [4.78, 5) is 23.5. The Bertz CT molecular complexity index is 1130. The first-order valence-electron chi connectivity index (χ1n) is 11.1. The van der Waals surface area contributed by atoms with Crippen molar-refractivity contribution in [1.29, 1.82) is 5.26 Å². The van der Waals surface area contributed by atoms with Gasteiger partial charge in [0.25, 0.3) is 0 Å². The molecule has 3 aromatic rings. The Morgan fingerprint density at radius 2 is 2.03 bits per heavy atom. The Labute approximate surface area is 194 Å². The number of H-pyrrole nitrogens is 1. The molecule has 1 aliphatic rings. The van der Waals surface area contributed by atoms with Crippen LogP contribution in [0.3, 0.4) is 0 Å². The highest BCUT2D eigenvalue weighted by molar-refractivity contribution is 5.86. The van der Waals surface area contributed by atoms with Crippen molar-refractivity contribution in [1.82, 2.24) is 14.9 Å². The van der Waals surface area contributed by atoms with Crippen LogP contribution in [0.1, 0.15) is 36.1 Å². The molecule has 1 amide bonds. The summed E-state index contributed by atoms with van der Waals surface area (Å²) in [6.45, 7) is 0.797. The number of benzene rings is 2. The third-order valence-corrected chi connectivity index (χ3v) is 6.46. The second-order valence-corrected chi connectivity index (χ2v) is 8.45. The van der Waals surface area contributed by atoms with Crippen molar-refractivity contribution in [3.05, 3.63) is 83.9 Å². The Morgan fingerprint density at radius 3 is 2.73 bits per heavy atom. The molecule has 0 saturated carbocycles. The Kier molecular flexibility index (Phi) is 6.47. The zero-order valence-electron chi connectivity index (χ0n) is 19.0. The minimum Gasteiger partial charge on any atom is -0.475 e. The van der Waals surface area contributed by atoms with E-state index in [-0.39, 0.29) is 12.5 Å². The maximum Gasteiger partial charge on any atom is 0.235 e. The van der Waals surface area contributed by atoms with Gasteiger partial charge in [-0.2, -0.15) is 5.26 Å². The number of carbonyl (C=O) groups excluding carboxylic acids is 1. The predicted molar refractivity (Wildman–Crippen MR) is 123 cm³/mol. The molecule has 170 valence electrons. The summed E-state index contributed by atoms with van der Waals surface area (Å²) < 4.78 is 12.6. The van der Waals surface area contributed by atoms with Crippen molar-refractivity contribution in [3.63, 3.8) is 0 Å². The monoisotopic (exact) mass is 444 g/mol. The van der Waals surface area contributed by atoms with E-state index in [0.29, 0.717) is 35.5 Å². The van der Waals surface area contributed by atoms with E-state index in [1.54, 1.807) is 36.7 Å². The molecule has 0 radical (unpaired) electrons. The van der Waals surface area contributed by atoms with E-state index < -0.39 is 11.0 Å². The number of ether oxygens (including phenoxy) is 2. The number of methoxy groups -OCH3 is 1. The molecule has 2 unspecified atom stereocenters. The molecule has 7 heteroatoms. The Hall–Kier alpha value is -3.63. The number of hydrogen-bond donors (Lipinski definition) is 1. The van der Waals surface area contributed by atoms with Crippen LogP contribution in [0.2, 0.25) is 0 Å². The molecule has 1 N–H and O–H groups in total. The van der Waals surface area contributed by atoms with Gasteiger partial charge in [-0.1, -0.05) is 36.8 Å². The Balaban J connectivity index is 2.09. The zero-order valence-corrected chi connectivity index (χ0v) is 19.0. The SMILES string of the molecule is COCC1(C(Oc2ccccc2)(c2cccc(C#N)c2)c2cnc[nH]2)CCCCN(C)C1=O. The molecular weight excluding hydrogens is 416 g/mol. The molecule has 1 saturated heterocycles. The number of carbonyl (C=O) groups is 1. The lowest BCUT2D eigenvalue weighted by Crippen LogP contribution is -2.60. The summed E-state index contributed by atoms with van der Waals surface area (Å²) in [5, 5.41) is 9.65. The third kappa shape index (κ3) is 3.87. The second kappa shape index (κ2) is 9.47. The fraction of sp³-hybridized carbons (Fsp3) is 0.346. The van der Waals surface area contributed by atoms with E-state index in [0.717, 1.165) is 12.8 Å². The van der Waals surface area contributed by atoms with Gasteiger partial charge in [0.15, 0.2) is 5.60 Å². The van der Waals surface area contributed by atoms with Crippen molar-refractivity contribution < 1.29 is 14.3 Å². The molecule has 1 aromatic heterocycles. The van der Waals surface area contributed by atoms with Gasteiger partial charge < -0.3 is 19.4 Å². The van der Waals surface area contributed by atoms with Crippen molar-refractivity contribution in [2.24, 2.45) is 5.41 Å². The minimum absolute atomic E-state index is 0.0604. The van der Waals surface area contributed by atoms with Crippen LogP contribution >= 0.6 is 0 Å².